The first-order chi connectivity index (χ1) is 11.1. The largest absolute Gasteiger partial charge is 0.495 e. The smallest absolute Gasteiger partial charge is 0.232 e. The molecular formula is C18H18N2O3. The first-order valence-corrected chi connectivity index (χ1v) is 7.43. The van der Waals surface area contributed by atoms with Crippen LogP contribution in [0.2, 0.25) is 0 Å². The van der Waals surface area contributed by atoms with Crippen molar-refractivity contribution in [3.8, 4) is 5.75 Å². The molecule has 0 heterocycles. The Hall–Kier alpha value is -2.82. The molecule has 3 rings (SSSR count). The number of ether oxygens (including phenoxy) is 1. The van der Waals surface area contributed by atoms with Crippen LogP contribution in [0.4, 0.5) is 11.4 Å². The summed E-state index contributed by atoms with van der Waals surface area (Å²) >= 11 is 0. The summed E-state index contributed by atoms with van der Waals surface area (Å²) < 4.78 is 5.21. The molecular weight excluding hydrogens is 292 g/mol. The van der Waals surface area contributed by atoms with E-state index in [9.17, 15) is 9.59 Å². The third kappa shape index (κ3) is 3.04. The molecule has 0 unspecified atom stereocenters. The van der Waals surface area contributed by atoms with Crippen LogP contribution in [0.5, 0.6) is 5.75 Å². The number of anilines is 2. The van der Waals surface area contributed by atoms with E-state index in [1.807, 2.05) is 24.3 Å². The van der Waals surface area contributed by atoms with Crippen molar-refractivity contribution in [2.75, 3.05) is 17.7 Å². The summed E-state index contributed by atoms with van der Waals surface area (Å²) in [6, 6.07) is 13.1. The van der Waals surface area contributed by atoms with Crippen LogP contribution in [0.25, 0.3) is 0 Å². The molecule has 0 spiro atoms. The van der Waals surface area contributed by atoms with Crippen molar-refractivity contribution < 1.29 is 14.3 Å². The summed E-state index contributed by atoms with van der Waals surface area (Å²) in [5, 5.41) is 5.60. The van der Waals surface area contributed by atoms with Gasteiger partial charge < -0.3 is 15.4 Å². The van der Waals surface area contributed by atoms with E-state index in [0.717, 1.165) is 12.0 Å². The normalized spacial score (nSPS) is 15.1. The zero-order valence-electron chi connectivity index (χ0n) is 13.1. The highest BCUT2D eigenvalue weighted by molar-refractivity contribution is 5.99. The maximum Gasteiger partial charge on any atom is 0.232 e. The molecule has 5 nitrogen and oxygen atoms in total. The van der Waals surface area contributed by atoms with Gasteiger partial charge in [0.2, 0.25) is 11.8 Å². The highest BCUT2D eigenvalue weighted by Gasteiger charge is 2.31. The molecule has 5 heteroatoms. The Morgan fingerprint density at radius 1 is 1.13 bits per heavy atom. The summed E-state index contributed by atoms with van der Waals surface area (Å²) in [4.78, 5) is 23.7. The number of hydrogen-bond donors (Lipinski definition) is 2. The van der Waals surface area contributed by atoms with Gasteiger partial charge in [-0.1, -0.05) is 24.3 Å². The van der Waals surface area contributed by atoms with Gasteiger partial charge in [-0.25, -0.2) is 0 Å². The van der Waals surface area contributed by atoms with Crippen molar-refractivity contribution >= 4 is 23.2 Å². The van der Waals surface area contributed by atoms with Gasteiger partial charge >= 0.3 is 0 Å². The fourth-order valence-electron chi connectivity index (χ4n) is 2.80. The Kier molecular flexibility index (Phi) is 4.02. The number of amides is 2. The number of carbonyl (C=O) groups is 2. The van der Waals surface area contributed by atoms with Crippen LogP contribution in [-0.2, 0) is 16.0 Å². The van der Waals surface area contributed by atoms with E-state index in [1.54, 1.807) is 18.2 Å². The standard InChI is InChI=1S/C18H18N2O3/c1-11(21)19-16-10-13(7-8-17(16)23-2)20-18(22)15-9-12-5-3-4-6-14(12)15/h3-8,10,15H,9H2,1-2H3,(H,19,21)(H,20,22)/t15-/m1/s1. The summed E-state index contributed by atoms with van der Waals surface area (Å²) in [5.74, 6) is 0.201. The van der Waals surface area contributed by atoms with Crippen molar-refractivity contribution in [2.24, 2.45) is 0 Å². The SMILES string of the molecule is COc1ccc(NC(=O)[C@@H]2Cc3ccccc32)cc1NC(C)=O. The van der Waals surface area contributed by atoms with Crippen LogP contribution in [0.15, 0.2) is 42.5 Å². The van der Waals surface area contributed by atoms with Gasteiger partial charge in [0.25, 0.3) is 0 Å². The minimum Gasteiger partial charge on any atom is -0.495 e. The lowest BCUT2D eigenvalue weighted by Crippen LogP contribution is -2.30. The number of hydrogen-bond acceptors (Lipinski definition) is 3. The molecule has 23 heavy (non-hydrogen) atoms. The number of nitrogens with one attached hydrogen (secondary N) is 2. The Morgan fingerprint density at radius 3 is 2.61 bits per heavy atom. The predicted molar refractivity (Wildman–Crippen MR) is 88.8 cm³/mol. The molecule has 0 aromatic heterocycles. The van der Waals surface area contributed by atoms with E-state index in [-0.39, 0.29) is 17.7 Å². The molecule has 0 saturated heterocycles. The third-order valence-electron chi connectivity index (χ3n) is 3.95. The van der Waals surface area contributed by atoms with Crippen molar-refractivity contribution in [3.05, 3.63) is 53.6 Å². The molecule has 1 aliphatic rings. The average Bonchev–Trinajstić information content (AvgIpc) is 2.48. The summed E-state index contributed by atoms with van der Waals surface area (Å²) in [6.45, 7) is 1.43. The summed E-state index contributed by atoms with van der Waals surface area (Å²) in [6.07, 6.45) is 0.761. The molecule has 2 aromatic rings. The second-order valence-corrected chi connectivity index (χ2v) is 5.54. The topological polar surface area (TPSA) is 67.4 Å². The molecule has 2 aromatic carbocycles. The molecule has 1 aliphatic carbocycles. The van der Waals surface area contributed by atoms with Gasteiger partial charge in [0.05, 0.1) is 18.7 Å². The van der Waals surface area contributed by atoms with Gasteiger partial charge in [-0.3, -0.25) is 9.59 Å². The molecule has 0 saturated carbocycles. The number of carbonyl (C=O) groups excluding carboxylic acids is 2. The maximum absolute atomic E-state index is 12.4. The predicted octanol–water partition coefficient (Wildman–Crippen LogP) is 2.93. The van der Waals surface area contributed by atoms with E-state index >= 15 is 0 Å². The maximum atomic E-state index is 12.4. The molecule has 0 bridgehead atoms. The summed E-state index contributed by atoms with van der Waals surface area (Å²) in [5.41, 5.74) is 3.47. The molecule has 2 amide bonds. The lowest BCUT2D eigenvalue weighted by atomic mass is 9.77. The number of rotatable bonds is 4. The van der Waals surface area contributed by atoms with Gasteiger partial charge in [0.1, 0.15) is 5.75 Å². The Balaban J connectivity index is 1.76. The molecule has 118 valence electrons. The second-order valence-electron chi connectivity index (χ2n) is 5.54. The number of methoxy groups -OCH3 is 1. The minimum atomic E-state index is -0.195. The van der Waals surface area contributed by atoms with Crippen LogP contribution < -0.4 is 15.4 Å². The lowest BCUT2D eigenvalue weighted by Gasteiger charge is -2.29. The van der Waals surface area contributed by atoms with Crippen LogP contribution >= 0.6 is 0 Å². The fraction of sp³-hybridized carbons (Fsp3) is 0.222. The number of benzene rings is 2. The molecule has 0 aliphatic heterocycles. The van der Waals surface area contributed by atoms with Crippen molar-refractivity contribution in [3.63, 3.8) is 0 Å². The van der Waals surface area contributed by atoms with Gasteiger partial charge in [0.15, 0.2) is 0 Å². The van der Waals surface area contributed by atoms with Crippen LogP contribution in [0.1, 0.15) is 24.0 Å². The lowest BCUT2D eigenvalue weighted by molar-refractivity contribution is -0.118. The van der Waals surface area contributed by atoms with Gasteiger partial charge in [-0.2, -0.15) is 0 Å². The van der Waals surface area contributed by atoms with E-state index in [2.05, 4.69) is 10.6 Å². The van der Waals surface area contributed by atoms with E-state index in [0.29, 0.717) is 17.1 Å². The van der Waals surface area contributed by atoms with Gasteiger partial charge in [0, 0.05) is 12.6 Å². The number of fused-ring (bicyclic) bond motifs is 1. The van der Waals surface area contributed by atoms with Crippen molar-refractivity contribution in [1.82, 2.24) is 0 Å². The minimum absolute atomic E-state index is 0.0392. The Bertz CT molecular complexity index is 771. The highest BCUT2D eigenvalue weighted by Crippen LogP contribution is 2.36. The van der Waals surface area contributed by atoms with E-state index in [4.69, 9.17) is 4.74 Å². The molecule has 0 radical (unpaired) electrons. The first kappa shape index (κ1) is 15.1. The Labute approximate surface area is 134 Å². The van der Waals surface area contributed by atoms with Crippen molar-refractivity contribution in [2.45, 2.75) is 19.3 Å². The quantitative estimate of drug-likeness (QED) is 0.912. The van der Waals surface area contributed by atoms with E-state index < -0.39 is 0 Å². The monoisotopic (exact) mass is 310 g/mol. The van der Waals surface area contributed by atoms with Crippen LogP contribution in [0, 0.1) is 0 Å². The van der Waals surface area contributed by atoms with Crippen LogP contribution in [0.3, 0.4) is 0 Å². The van der Waals surface area contributed by atoms with Crippen LogP contribution in [-0.4, -0.2) is 18.9 Å². The zero-order chi connectivity index (χ0) is 16.4. The first-order valence-electron chi connectivity index (χ1n) is 7.43. The fourth-order valence-corrected chi connectivity index (χ4v) is 2.80. The van der Waals surface area contributed by atoms with Gasteiger partial charge in [-0.05, 0) is 35.7 Å². The summed E-state index contributed by atoms with van der Waals surface area (Å²) in [7, 11) is 1.53. The molecule has 2 N–H and O–H groups in total. The average molecular weight is 310 g/mol. The van der Waals surface area contributed by atoms with E-state index in [1.165, 1.54) is 19.6 Å². The molecule has 1 atom stereocenters. The zero-order valence-corrected chi connectivity index (χ0v) is 13.1. The molecule has 0 fully saturated rings. The second kappa shape index (κ2) is 6.12. The highest BCUT2D eigenvalue weighted by atomic mass is 16.5. The Morgan fingerprint density at radius 2 is 1.91 bits per heavy atom. The van der Waals surface area contributed by atoms with Crippen molar-refractivity contribution in [1.29, 1.82) is 0 Å². The van der Waals surface area contributed by atoms with Gasteiger partial charge in [-0.15, -0.1) is 0 Å². The third-order valence-corrected chi connectivity index (χ3v) is 3.95.